The third kappa shape index (κ3) is 19.5. The molecule has 426 valence electrons. The van der Waals surface area contributed by atoms with Crippen LogP contribution in [0, 0.1) is 0 Å². The summed E-state index contributed by atoms with van der Waals surface area (Å²) in [5, 5.41) is 57.8. The molecule has 6 rings (SSSR count). The van der Waals surface area contributed by atoms with Crippen LogP contribution >= 0.6 is 24.4 Å². The zero-order valence-electron chi connectivity index (χ0n) is 41.5. The van der Waals surface area contributed by atoms with E-state index in [1.54, 1.807) is 0 Å². The highest BCUT2D eigenvalue weighted by atomic mass is 32.2. The molecule has 0 spiro atoms. The molecule has 3 unspecified atom stereocenters. The highest BCUT2D eigenvalue weighted by molar-refractivity contribution is 8.05. The number of carbonyl (C=O) groups excluding carboxylic acids is 7. The number of thiol groups is 1. The largest absolute Gasteiger partial charge is 0.388 e. The Kier molecular flexibility index (Phi) is 26.0. The van der Waals surface area contributed by atoms with Crippen LogP contribution in [-0.4, -0.2) is 300 Å². The molecule has 0 aromatic rings. The first kappa shape index (κ1) is 60.9. The Labute approximate surface area is 442 Å². The first-order valence-electron chi connectivity index (χ1n) is 24.9. The average Bonchev–Trinajstić information content (AvgIpc) is 3.91. The smallest absolute Gasteiger partial charge is 0.246 e. The lowest BCUT2D eigenvalue weighted by Crippen LogP contribution is -2.68. The highest BCUT2D eigenvalue weighted by Crippen LogP contribution is 2.27. The molecule has 0 aliphatic carbocycles. The Hall–Kier alpha value is -3.29. The van der Waals surface area contributed by atoms with Gasteiger partial charge >= 0.3 is 0 Å². The zero-order valence-corrected chi connectivity index (χ0v) is 43.2. The molecular weight excluding hydrogens is 1040 g/mol. The Morgan fingerprint density at radius 1 is 0.627 bits per heavy atom. The van der Waals surface area contributed by atoms with Gasteiger partial charge in [-0.05, 0) is 0 Å². The summed E-state index contributed by atoms with van der Waals surface area (Å²) in [4.78, 5) is 88.1. The van der Waals surface area contributed by atoms with Crippen molar-refractivity contribution in [2.45, 2.75) is 85.0 Å². The van der Waals surface area contributed by atoms with Crippen molar-refractivity contribution >= 4 is 64.9 Å². The van der Waals surface area contributed by atoms with E-state index in [0.29, 0.717) is 59.2 Å². The van der Waals surface area contributed by atoms with E-state index in [0.717, 1.165) is 11.8 Å². The number of carbonyl (C=O) groups is 7. The zero-order chi connectivity index (χ0) is 53.7. The van der Waals surface area contributed by atoms with Gasteiger partial charge in [0.1, 0.15) is 75.1 Å². The Balaban J connectivity index is 0.789. The van der Waals surface area contributed by atoms with Gasteiger partial charge in [-0.1, -0.05) is 0 Å². The maximum Gasteiger partial charge on any atom is 0.246 e. The Bertz CT molecular complexity index is 1770. The number of likely N-dealkylation sites (tertiary alicyclic amines) is 2. The van der Waals surface area contributed by atoms with Gasteiger partial charge in [0, 0.05) is 70.9 Å². The molecule has 31 heteroatoms. The Morgan fingerprint density at radius 2 is 1.07 bits per heavy atom. The maximum absolute atomic E-state index is 12.9. The monoisotopic (exact) mass is 1110 g/mol. The molecule has 0 aromatic carbocycles. The van der Waals surface area contributed by atoms with E-state index >= 15 is 0 Å². The number of hydrogen-bond donors (Lipinski definition) is 11. The summed E-state index contributed by atoms with van der Waals surface area (Å²) >= 11 is 4.89. The quantitative estimate of drug-likeness (QED) is 0.0162. The number of ether oxygens (including phenoxy) is 10. The van der Waals surface area contributed by atoms with E-state index in [1.165, 1.54) is 4.90 Å². The van der Waals surface area contributed by atoms with Crippen LogP contribution in [0.4, 0.5) is 0 Å². The third-order valence-corrected chi connectivity index (χ3v) is 14.3. The molecule has 13 atom stereocenters. The minimum Gasteiger partial charge on any atom is -0.388 e. The van der Waals surface area contributed by atoms with E-state index in [-0.39, 0.29) is 127 Å². The summed E-state index contributed by atoms with van der Waals surface area (Å²) in [6, 6.07) is -1.84. The van der Waals surface area contributed by atoms with Crippen molar-refractivity contribution in [2.24, 2.45) is 0 Å². The molecular formula is C44H72N8O21S2. The van der Waals surface area contributed by atoms with Gasteiger partial charge in [-0.15, -0.1) is 24.4 Å². The minimum absolute atomic E-state index is 0.00160. The summed E-state index contributed by atoms with van der Waals surface area (Å²) < 4.78 is 55.2. The lowest BCUT2D eigenvalue weighted by atomic mass is 9.96. The number of rotatable bonds is 34. The van der Waals surface area contributed by atoms with Gasteiger partial charge in [0.15, 0.2) is 17.7 Å². The summed E-state index contributed by atoms with van der Waals surface area (Å²) in [5.41, 5.74) is 0. The number of aliphatic hydroxyl groups is 4. The Morgan fingerprint density at radius 3 is 1.52 bits per heavy atom. The summed E-state index contributed by atoms with van der Waals surface area (Å²) in [5.74, 6) is -2.31. The molecule has 6 aliphatic heterocycles. The van der Waals surface area contributed by atoms with E-state index in [1.807, 2.05) is 0 Å². The van der Waals surface area contributed by atoms with Gasteiger partial charge in [-0.25, -0.2) is 0 Å². The number of aliphatic hydroxyl groups excluding tert-OH is 4. The van der Waals surface area contributed by atoms with Gasteiger partial charge in [0.05, 0.1) is 77.1 Å². The van der Waals surface area contributed by atoms with Gasteiger partial charge in [-0.2, -0.15) is 0 Å². The summed E-state index contributed by atoms with van der Waals surface area (Å²) in [6.45, 7) is 4.46. The van der Waals surface area contributed by atoms with Gasteiger partial charge in [-0.3, -0.25) is 43.4 Å². The fourth-order valence-electron chi connectivity index (χ4n) is 8.85. The normalized spacial score (nSPS) is 30.9. The van der Waals surface area contributed by atoms with Crippen molar-refractivity contribution in [1.29, 1.82) is 0 Å². The number of morpholine rings is 2. The summed E-state index contributed by atoms with van der Waals surface area (Å²) in [6.07, 6.45) is -9.18. The van der Waals surface area contributed by atoms with Crippen molar-refractivity contribution in [3.63, 3.8) is 0 Å². The second-order valence-electron chi connectivity index (χ2n) is 18.2. The predicted molar refractivity (Wildman–Crippen MR) is 260 cm³/mol. The van der Waals surface area contributed by atoms with Crippen molar-refractivity contribution in [3.8, 4) is 0 Å². The number of fused-ring (bicyclic) bond motifs is 2. The first-order chi connectivity index (χ1) is 36.2. The van der Waals surface area contributed by atoms with E-state index in [4.69, 9.17) is 47.4 Å². The third-order valence-electron chi connectivity index (χ3n) is 12.7. The standard InChI is InChI=1S/C44H72N8O21S2/c53-30(47-16-27-38(59)40(61)36-43(72-27)70-22-32(55)49-36)20-68-13-11-66-9-7-64-5-1-45-25-18-51(3-4-52-34(57)15-29(42(52)63)75-24-35(58)74)19-26(25)46-2-6-65-8-10-67-12-14-69-21-31(54)48-17-28-39(60)41(62)37-44(73-28)71-23-33(56)50-37/h25-29,36-41,43-46,59-62H,1-24H2,(H,47,53)(H,48,54)(H,49,55)(H,50,56)(H,58,74)/t25?,26?,27-,28-,29?,36+,37+,38+,39+,40-,41-,43+,44+/m1/s1. The van der Waals surface area contributed by atoms with Crippen molar-refractivity contribution < 1.29 is 101 Å². The number of amides is 6. The van der Waals surface area contributed by atoms with Crippen molar-refractivity contribution in [3.05, 3.63) is 0 Å². The molecule has 10 N–H and O–H groups in total. The molecule has 0 aromatic heterocycles. The molecule has 0 saturated carbocycles. The van der Waals surface area contributed by atoms with Crippen molar-refractivity contribution in [1.82, 2.24) is 41.7 Å². The second-order valence-corrected chi connectivity index (χ2v) is 19.9. The molecule has 6 fully saturated rings. The number of nitrogens with zero attached hydrogens (tertiary/aromatic N) is 2. The molecule has 6 heterocycles. The van der Waals surface area contributed by atoms with E-state index in [2.05, 4.69) is 49.4 Å². The maximum atomic E-state index is 12.9. The van der Waals surface area contributed by atoms with Crippen LogP contribution in [0.25, 0.3) is 0 Å². The molecule has 6 amide bonds. The molecule has 75 heavy (non-hydrogen) atoms. The van der Waals surface area contributed by atoms with Gasteiger partial charge < -0.3 is 99.7 Å². The van der Waals surface area contributed by atoms with Crippen LogP contribution in [0.5, 0.6) is 0 Å². The first-order valence-corrected chi connectivity index (χ1v) is 26.4. The van der Waals surface area contributed by atoms with Gasteiger partial charge in [0.25, 0.3) is 0 Å². The minimum atomic E-state index is -1.36. The lowest BCUT2D eigenvalue weighted by molar-refractivity contribution is -0.271. The number of thioether (sulfide) groups is 1. The summed E-state index contributed by atoms with van der Waals surface area (Å²) in [7, 11) is 0. The fraction of sp³-hybridized carbons (Fsp3) is 0.841. The molecule has 6 aliphatic rings. The van der Waals surface area contributed by atoms with E-state index in [9.17, 15) is 54.0 Å². The van der Waals surface area contributed by atoms with Gasteiger partial charge in [0.2, 0.25) is 35.4 Å². The number of nitrogens with one attached hydrogen (secondary N) is 6. The molecule has 0 bridgehead atoms. The number of imide groups is 1. The topological polar surface area (TPSA) is 371 Å². The second kappa shape index (κ2) is 31.9. The molecule has 29 nitrogen and oxygen atoms in total. The lowest BCUT2D eigenvalue weighted by Gasteiger charge is -2.44. The van der Waals surface area contributed by atoms with Crippen LogP contribution in [0.2, 0.25) is 0 Å². The predicted octanol–water partition coefficient (Wildman–Crippen LogP) is -8.21. The molecule has 6 saturated heterocycles. The average molecular weight is 1110 g/mol. The van der Waals surface area contributed by atoms with Crippen LogP contribution in [0.3, 0.4) is 0 Å². The number of hydrogen-bond acceptors (Lipinski definition) is 25. The van der Waals surface area contributed by atoms with E-state index < -0.39 is 90.2 Å². The fourth-order valence-corrected chi connectivity index (χ4v) is 9.95. The van der Waals surface area contributed by atoms with Crippen molar-refractivity contribution in [2.75, 3.05) is 151 Å². The van der Waals surface area contributed by atoms with Crippen LogP contribution in [0.15, 0.2) is 0 Å². The van der Waals surface area contributed by atoms with Crippen LogP contribution in [-0.2, 0) is 80.9 Å². The molecule has 0 radical (unpaired) electrons. The SMILES string of the molecule is O=C(S)CSC1CC(=O)N(CCN2CC(NCCOCCOCCOCC(=O)NC[C@H]3O[C@@H]4OCC(=O)N[C@H]4[C@@H](O)[C@H]3O)C(NCCOCCOCCOCC(=O)NC[C@H]3O[C@@H]4OCC(=O)N[C@H]4[C@@H](O)[C@H]3O)C2)C1=O. The highest BCUT2D eigenvalue weighted by Gasteiger charge is 2.49. The van der Waals surface area contributed by atoms with Crippen LogP contribution < -0.4 is 31.9 Å². The van der Waals surface area contributed by atoms with Crippen LogP contribution in [0.1, 0.15) is 6.42 Å².